The molecular formula is C11H9FN2O2. The maximum Gasteiger partial charge on any atom is 0.356 e. The van der Waals surface area contributed by atoms with E-state index in [-0.39, 0.29) is 11.5 Å². The zero-order valence-corrected chi connectivity index (χ0v) is 8.51. The number of carbonyl (C=O) groups is 1. The lowest BCUT2D eigenvalue weighted by atomic mass is 10.1. The molecule has 1 aromatic heterocycles. The maximum atomic E-state index is 13.0. The van der Waals surface area contributed by atoms with E-state index in [4.69, 9.17) is 5.11 Å². The van der Waals surface area contributed by atoms with Crippen molar-refractivity contribution in [1.82, 2.24) is 9.78 Å². The van der Waals surface area contributed by atoms with Crippen LogP contribution >= 0.6 is 0 Å². The molecule has 0 aliphatic heterocycles. The largest absolute Gasteiger partial charge is 0.476 e. The lowest BCUT2D eigenvalue weighted by Crippen LogP contribution is -1.99. The molecule has 0 amide bonds. The highest BCUT2D eigenvalue weighted by Gasteiger charge is 2.12. The molecule has 4 nitrogen and oxygen atoms in total. The number of rotatable bonds is 2. The van der Waals surface area contributed by atoms with Crippen LogP contribution in [0.1, 0.15) is 10.5 Å². The van der Waals surface area contributed by atoms with E-state index in [1.807, 2.05) is 0 Å². The third-order valence-electron chi connectivity index (χ3n) is 2.22. The van der Waals surface area contributed by atoms with Crippen LogP contribution in [0.15, 0.2) is 30.3 Å². The van der Waals surface area contributed by atoms with Crippen LogP contribution in [0.25, 0.3) is 11.3 Å². The highest BCUT2D eigenvalue weighted by atomic mass is 19.1. The van der Waals surface area contributed by atoms with E-state index in [0.29, 0.717) is 11.3 Å². The van der Waals surface area contributed by atoms with Gasteiger partial charge in [-0.15, -0.1) is 0 Å². The zero-order valence-electron chi connectivity index (χ0n) is 8.51. The molecule has 0 bridgehead atoms. The molecular weight excluding hydrogens is 211 g/mol. The number of hydrogen-bond donors (Lipinski definition) is 1. The highest BCUT2D eigenvalue weighted by molar-refractivity contribution is 5.86. The standard InChI is InChI=1S/C11H9FN2O2/c1-14-10(6-9(13-14)11(15)16)7-3-2-4-8(12)5-7/h2-6H,1H3,(H,15,16). The summed E-state index contributed by atoms with van der Waals surface area (Å²) in [6.45, 7) is 0. The maximum absolute atomic E-state index is 13.0. The molecule has 0 atom stereocenters. The average molecular weight is 220 g/mol. The Hall–Kier alpha value is -2.17. The van der Waals surface area contributed by atoms with Crippen molar-refractivity contribution >= 4 is 5.97 Å². The van der Waals surface area contributed by atoms with Gasteiger partial charge in [0.15, 0.2) is 5.69 Å². The Morgan fingerprint density at radius 2 is 2.19 bits per heavy atom. The van der Waals surface area contributed by atoms with E-state index >= 15 is 0 Å². The van der Waals surface area contributed by atoms with E-state index in [1.165, 1.54) is 22.9 Å². The van der Waals surface area contributed by atoms with Crippen molar-refractivity contribution in [2.24, 2.45) is 7.05 Å². The van der Waals surface area contributed by atoms with Gasteiger partial charge in [-0.1, -0.05) is 12.1 Å². The molecule has 5 heteroatoms. The summed E-state index contributed by atoms with van der Waals surface area (Å²) in [4.78, 5) is 10.7. The molecule has 1 aromatic carbocycles. The first-order chi connectivity index (χ1) is 7.58. The van der Waals surface area contributed by atoms with Crippen molar-refractivity contribution in [3.8, 4) is 11.3 Å². The number of aromatic nitrogens is 2. The fourth-order valence-corrected chi connectivity index (χ4v) is 1.49. The molecule has 2 aromatic rings. The van der Waals surface area contributed by atoms with E-state index in [9.17, 15) is 9.18 Å². The van der Waals surface area contributed by atoms with Crippen LogP contribution in [0.3, 0.4) is 0 Å². The Morgan fingerprint density at radius 1 is 1.44 bits per heavy atom. The number of hydrogen-bond acceptors (Lipinski definition) is 2. The van der Waals surface area contributed by atoms with Crippen LogP contribution in [0, 0.1) is 5.82 Å². The number of aromatic carboxylic acids is 1. The minimum Gasteiger partial charge on any atom is -0.476 e. The monoisotopic (exact) mass is 220 g/mol. The Morgan fingerprint density at radius 3 is 2.75 bits per heavy atom. The number of benzene rings is 1. The third kappa shape index (κ3) is 1.79. The zero-order chi connectivity index (χ0) is 11.7. The number of aryl methyl sites for hydroxylation is 1. The number of nitrogens with zero attached hydrogens (tertiary/aromatic N) is 2. The second-order valence-corrected chi connectivity index (χ2v) is 3.35. The fraction of sp³-hybridized carbons (Fsp3) is 0.0909. The van der Waals surface area contributed by atoms with Crippen LogP contribution in [0.2, 0.25) is 0 Å². The summed E-state index contributed by atoms with van der Waals surface area (Å²) in [5, 5.41) is 12.6. The van der Waals surface area contributed by atoms with Crippen molar-refractivity contribution in [3.05, 3.63) is 41.8 Å². The van der Waals surface area contributed by atoms with Gasteiger partial charge in [0, 0.05) is 12.6 Å². The predicted molar refractivity (Wildman–Crippen MR) is 55.6 cm³/mol. The van der Waals surface area contributed by atoms with Crippen molar-refractivity contribution < 1.29 is 14.3 Å². The molecule has 0 radical (unpaired) electrons. The molecule has 0 unspecified atom stereocenters. The lowest BCUT2D eigenvalue weighted by molar-refractivity contribution is 0.0689. The molecule has 1 N–H and O–H groups in total. The van der Waals surface area contributed by atoms with Crippen molar-refractivity contribution in [3.63, 3.8) is 0 Å². The summed E-state index contributed by atoms with van der Waals surface area (Å²) >= 11 is 0. The SMILES string of the molecule is Cn1nc(C(=O)O)cc1-c1cccc(F)c1. The Kier molecular flexibility index (Phi) is 2.44. The van der Waals surface area contributed by atoms with E-state index < -0.39 is 5.97 Å². The van der Waals surface area contributed by atoms with E-state index in [0.717, 1.165) is 0 Å². The number of carboxylic acid groups (broad SMARTS) is 1. The number of halogens is 1. The first kappa shape index (κ1) is 10.4. The second-order valence-electron chi connectivity index (χ2n) is 3.35. The van der Waals surface area contributed by atoms with Crippen LogP contribution in [0.4, 0.5) is 4.39 Å². The third-order valence-corrected chi connectivity index (χ3v) is 2.22. The van der Waals surface area contributed by atoms with Crippen LogP contribution in [0.5, 0.6) is 0 Å². The molecule has 0 fully saturated rings. The van der Waals surface area contributed by atoms with Gasteiger partial charge in [-0.05, 0) is 18.2 Å². The molecule has 0 saturated carbocycles. The van der Waals surface area contributed by atoms with Crippen molar-refractivity contribution in [2.75, 3.05) is 0 Å². The van der Waals surface area contributed by atoms with Gasteiger partial charge in [-0.3, -0.25) is 4.68 Å². The van der Waals surface area contributed by atoms with Gasteiger partial charge in [-0.2, -0.15) is 5.10 Å². The van der Waals surface area contributed by atoms with Gasteiger partial charge < -0.3 is 5.11 Å². The molecule has 82 valence electrons. The van der Waals surface area contributed by atoms with Gasteiger partial charge in [-0.25, -0.2) is 9.18 Å². The summed E-state index contributed by atoms with van der Waals surface area (Å²) in [7, 11) is 1.62. The Bertz CT molecular complexity index is 549. The van der Waals surface area contributed by atoms with Crippen LogP contribution in [-0.2, 0) is 7.05 Å². The minimum absolute atomic E-state index is 0.0539. The molecule has 16 heavy (non-hydrogen) atoms. The van der Waals surface area contributed by atoms with Crippen LogP contribution in [-0.4, -0.2) is 20.9 Å². The summed E-state index contributed by atoms with van der Waals surface area (Å²) in [6.07, 6.45) is 0. The van der Waals surface area contributed by atoms with Gasteiger partial charge in [0.2, 0.25) is 0 Å². The predicted octanol–water partition coefficient (Wildman–Crippen LogP) is 1.92. The number of carboxylic acids is 1. The van der Waals surface area contributed by atoms with Gasteiger partial charge in [0.25, 0.3) is 0 Å². The van der Waals surface area contributed by atoms with Gasteiger partial charge >= 0.3 is 5.97 Å². The molecule has 0 saturated heterocycles. The van der Waals surface area contributed by atoms with E-state index in [2.05, 4.69) is 5.10 Å². The van der Waals surface area contributed by atoms with Crippen molar-refractivity contribution in [1.29, 1.82) is 0 Å². The first-order valence-corrected chi connectivity index (χ1v) is 4.61. The summed E-state index contributed by atoms with van der Waals surface area (Å²) in [6, 6.07) is 7.35. The Balaban J connectivity index is 2.52. The molecule has 1 heterocycles. The van der Waals surface area contributed by atoms with Crippen LogP contribution < -0.4 is 0 Å². The molecule has 0 aliphatic rings. The minimum atomic E-state index is -1.10. The highest BCUT2D eigenvalue weighted by Crippen LogP contribution is 2.20. The molecule has 0 aliphatic carbocycles. The lowest BCUT2D eigenvalue weighted by Gasteiger charge is -2.00. The summed E-state index contributed by atoms with van der Waals surface area (Å²) < 4.78 is 14.4. The Labute approximate surface area is 90.9 Å². The second kappa shape index (κ2) is 3.77. The fourth-order valence-electron chi connectivity index (χ4n) is 1.49. The summed E-state index contributed by atoms with van der Waals surface area (Å²) in [5.74, 6) is -1.46. The average Bonchev–Trinajstić information content (AvgIpc) is 2.60. The molecule has 0 spiro atoms. The molecule has 2 rings (SSSR count). The van der Waals surface area contributed by atoms with Crippen molar-refractivity contribution in [2.45, 2.75) is 0 Å². The first-order valence-electron chi connectivity index (χ1n) is 4.61. The topological polar surface area (TPSA) is 55.1 Å². The smallest absolute Gasteiger partial charge is 0.356 e. The quantitative estimate of drug-likeness (QED) is 0.841. The normalized spacial score (nSPS) is 10.4. The van der Waals surface area contributed by atoms with Gasteiger partial charge in [0.05, 0.1) is 5.69 Å². The van der Waals surface area contributed by atoms with E-state index in [1.54, 1.807) is 19.2 Å². The summed E-state index contributed by atoms with van der Waals surface area (Å²) in [5.41, 5.74) is 1.11. The van der Waals surface area contributed by atoms with Gasteiger partial charge in [0.1, 0.15) is 5.82 Å².